The van der Waals surface area contributed by atoms with Crippen molar-refractivity contribution in [2.24, 2.45) is 0 Å². The highest BCUT2D eigenvalue weighted by molar-refractivity contribution is 7.92. The van der Waals surface area contributed by atoms with Crippen LogP contribution in [0.2, 0.25) is 0 Å². The maximum absolute atomic E-state index is 11.4. The average molecular weight is 249 g/mol. The van der Waals surface area contributed by atoms with Crippen LogP contribution >= 0.6 is 0 Å². The highest BCUT2D eigenvalue weighted by Crippen LogP contribution is 2.13. The highest BCUT2D eigenvalue weighted by Gasteiger charge is 2.29. The Hall–Kier alpha value is -0.880. The molecule has 94 valence electrons. The predicted octanol–water partition coefficient (Wildman–Crippen LogP) is 0.430. The van der Waals surface area contributed by atoms with Gasteiger partial charge in [-0.25, -0.2) is 13.2 Å². The Balaban J connectivity index is 4.25. The van der Waals surface area contributed by atoms with Gasteiger partial charge in [0.05, 0.1) is 4.75 Å². The van der Waals surface area contributed by atoms with Crippen LogP contribution in [0.5, 0.6) is 0 Å². The highest BCUT2D eigenvalue weighted by atomic mass is 32.2. The number of aliphatic carboxylic acids is 1. The number of nitrogens with one attached hydrogen (secondary N) is 1. The zero-order valence-corrected chi connectivity index (χ0v) is 10.9. The molecular formula is C10H19NO4S. The fourth-order valence-corrected chi connectivity index (χ4v) is 1.32. The Kier molecular flexibility index (Phi) is 5.15. The molecule has 16 heavy (non-hydrogen) atoms. The van der Waals surface area contributed by atoms with E-state index in [2.05, 4.69) is 5.32 Å². The van der Waals surface area contributed by atoms with Gasteiger partial charge in [-0.3, -0.25) is 0 Å². The summed E-state index contributed by atoms with van der Waals surface area (Å²) in [6.07, 6.45) is 2.29. The van der Waals surface area contributed by atoms with Crippen molar-refractivity contribution in [3.8, 4) is 0 Å². The van der Waals surface area contributed by atoms with Crippen molar-refractivity contribution in [3.63, 3.8) is 0 Å². The minimum absolute atomic E-state index is 0.288. The Morgan fingerprint density at radius 3 is 2.31 bits per heavy atom. The van der Waals surface area contributed by atoms with Crippen molar-refractivity contribution in [2.45, 2.75) is 25.5 Å². The van der Waals surface area contributed by atoms with Gasteiger partial charge >= 0.3 is 5.97 Å². The van der Waals surface area contributed by atoms with Crippen LogP contribution < -0.4 is 5.32 Å². The van der Waals surface area contributed by atoms with E-state index in [1.54, 1.807) is 20.8 Å². The van der Waals surface area contributed by atoms with Crippen LogP contribution in [0.15, 0.2) is 11.6 Å². The molecule has 0 heterocycles. The molecule has 0 bridgehead atoms. The fraction of sp³-hybridized carbons (Fsp3) is 0.700. The van der Waals surface area contributed by atoms with Crippen LogP contribution in [0.1, 0.15) is 20.8 Å². The first-order valence-corrected chi connectivity index (χ1v) is 6.76. The van der Waals surface area contributed by atoms with Gasteiger partial charge in [0, 0.05) is 25.4 Å². The van der Waals surface area contributed by atoms with E-state index in [-0.39, 0.29) is 6.54 Å². The van der Waals surface area contributed by atoms with Crippen molar-refractivity contribution in [1.82, 2.24) is 5.32 Å². The van der Waals surface area contributed by atoms with Gasteiger partial charge in [-0.15, -0.1) is 0 Å². The van der Waals surface area contributed by atoms with Crippen LogP contribution in [-0.2, 0) is 14.6 Å². The lowest BCUT2D eigenvalue weighted by molar-refractivity contribution is -0.131. The van der Waals surface area contributed by atoms with Crippen LogP contribution in [0.3, 0.4) is 0 Å². The molecule has 0 amide bonds. The average Bonchev–Trinajstić information content (AvgIpc) is 1.99. The van der Waals surface area contributed by atoms with Gasteiger partial charge in [0.25, 0.3) is 0 Å². The largest absolute Gasteiger partial charge is 0.478 e. The molecule has 0 aliphatic carbocycles. The molecule has 0 atom stereocenters. The van der Waals surface area contributed by atoms with Crippen molar-refractivity contribution in [3.05, 3.63) is 11.6 Å². The van der Waals surface area contributed by atoms with E-state index in [0.717, 1.165) is 6.08 Å². The van der Waals surface area contributed by atoms with Gasteiger partial charge in [-0.2, -0.15) is 0 Å². The second kappa shape index (κ2) is 5.45. The molecule has 0 aliphatic heterocycles. The molecule has 0 radical (unpaired) electrons. The molecule has 0 fully saturated rings. The van der Waals surface area contributed by atoms with Crippen molar-refractivity contribution < 1.29 is 18.3 Å². The molecule has 0 aromatic rings. The summed E-state index contributed by atoms with van der Waals surface area (Å²) in [5, 5.41) is 11.4. The van der Waals surface area contributed by atoms with Gasteiger partial charge in [-0.05, 0) is 20.8 Å². The van der Waals surface area contributed by atoms with Gasteiger partial charge in [0.2, 0.25) is 0 Å². The Labute approximate surface area is 96.5 Å². The maximum atomic E-state index is 11.4. The Morgan fingerprint density at radius 1 is 1.44 bits per heavy atom. The van der Waals surface area contributed by atoms with E-state index in [1.165, 1.54) is 6.26 Å². The third-order valence-electron chi connectivity index (χ3n) is 2.33. The lowest BCUT2D eigenvalue weighted by atomic mass is 10.2. The van der Waals surface area contributed by atoms with Crippen LogP contribution in [0.25, 0.3) is 0 Å². The number of sulfone groups is 1. The SMILES string of the molecule is CC(=CC(=O)O)CNCC(C)(C)S(C)(=O)=O. The van der Waals surface area contributed by atoms with E-state index >= 15 is 0 Å². The Bertz CT molecular complexity index is 382. The molecule has 0 aromatic carbocycles. The standard InChI is InChI=1S/C10H19NO4S/c1-8(5-9(12)13)6-11-7-10(2,3)16(4,14)15/h5,11H,6-7H2,1-4H3,(H,12,13). The number of carboxylic acids is 1. The minimum atomic E-state index is -3.12. The van der Waals surface area contributed by atoms with Crippen LogP contribution in [-0.4, -0.2) is 43.6 Å². The molecule has 0 unspecified atom stereocenters. The third-order valence-corrected chi connectivity index (χ3v) is 4.48. The summed E-state index contributed by atoms with van der Waals surface area (Å²) in [6, 6.07) is 0. The summed E-state index contributed by atoms with van der Waals surface area (Å²) < 4.78 is 21.9. The lowest BCUT2D eigenvalue weighted by Crippen LogP contribution is -2.42. The van der Waals surface area contributed by atoms with Crippen molar-refractivity contribution >= 4 is 15.8 Å². The van der Waals surface area contributed by atoms with E-state index in [0.29, 0.717) is 12.1 Å². The summed E-state index contributed by atoms with van der Waals surface area (Å²) >= 11 is 0. The monoisotopic (exact) mass is 249 g/mol. The van der Waals surface area contributed by atoms with Gasteiger partial charge in [0.1, 0.15) is 0 Å². The number of rotatable bonds is 6. The topological polar surface area (TPSA) is 83.5 Å². The number of hydrogen-bond donors (Lipinski definition) is 2. The normalized spacial score (nSPS) is 13.9. The summed E-state index contributed by atoms with van der Waals surface area (Å²) in [5.74, 6) is -0.998. The molecule has 0 saturated heterocycles. The molecular weight excluding hydrogens is 230 g/mol. The summed E-state index contributed by atoms with van der Waals surface area (Å²) in [7, 11) is -3.12. The first-order chi connectivity index (χ1) is 7.06. The lowest BCUT2D eigenvalue weighted by Gasteiger charge is -2.22. The van der Waals surface area contributed by atoms with Crippen LogP contribution in [0, 0.1) is 0 Å². The molecule has 0 spiro atoms. The van der Waals surface area contributed by atoms with Crippen LogP contribution in [0.4, 0.5) is 0 Å². The van der Waals surface area contributed by atoms with Gasteiger partial charge in [-0.1, -0.05) is 5.57 Å². The van der Waals surface area contributed by atoms with E-state index in [9.17, 15) is 13.2 Å². The minimum Gasteiger partial charge on any atom is -0.478 e. The molecule has 6 heteroatoms. The zero-order valence-electron chi connectivity index (χ0n) is 10.1. The number of carboxylic acid groups (broad SMARTS) is 1. The second-order valence-electron chi connectivity index (χ2n) is 4.46. The summed E-state index contributed by atoms with van der Waals surface area (Å²) in [4.78, 5) is 10.3. The van der Waals surface area contributed by atoms with Gasteiger partial charge in [0.15, 0.2) is 9.84 Å². The second-order valence-corrected chi connectivity index (χ2v) is 7.11. The summed E-state index contributed by atoms with van der Waals surface area (Å²) in [5.41, 5.74) is 0.650. The number of carbonyl (C=O) groups is 1. The fourth-order valence-electron chi connectivity index (χ4n) is 0.954. The van der Waals surface area contributed by atoms with Crippen molar-refractivity contribution in [2.75, 3.05) is 19.3 Å². The smallest absolute Gasteiger partial charge is 0.328 e. The molecule has 0 rings (SSSR count). The van der Waals surface area contributed by atoms with Crippen molar-refractivity contribution in [1.29, 1.82) is 0 Å². The van der Waals surface area contributed by atoms with E-state index in [1.807, 2.05) is 0 Å². The Morgan fingerprint density at radius 2 is 1.94 bits per heavy atom. The molecule has 0 aliphatic rings. The zero-order chi connectivity index (χ0) is 13.0. The number of hydrogen-bond acceptors (Lipinski definition) is 4. The predicted molar refractivity (Wildman–Crippen MR) is 63.2 cm³/mol. The van der Waals surface area contributed by atoms with E-state index < -0.39 is 20.6 Å². The first-order valence-electron chi connectivity index (χ1n) is 4.87. The third kappa shape index (κ3) is 5.27. The molecule has 5 nitrogen and oxygen atoms in total. The quantitative estimate of drug-likeness (QED) is 0.667. The molecule has 0 saturated carbocycles. The summed E-state index contributed by atoms with van der Waals surface area (Å²) in [6.45, 7) is 5.59. The molecule has 2 N–H and O–H groups in total. The van der Waals surface area contributed by atoms with E-state index in [4.69, 9.17) is 5.11 Å². The first kappa shape index (κ1) is 15.1. The van der Waals surface area contributed by atoms with Gasteiger partial charge < -0.3 is 10.4 Å². The molecule has 0 aromatic heterocycles. The maximum Gasteiger partial charge on any atom is 0.328 e.